The highest BCUT2D eigenvalue weighted by Crippen LogP contribution is 2.28. The van der Waals surface area contributed by atoms with Gasteiger partial charge in [-0.25, -0.2) is 4.99 Å². The Labute approximate surface area is 154 Å². The van der Waals surface area contributed by atoms with Crippen LogP contribution in [-0.2, 0) is 6.54 Å². The van der Waals surface area contributed by atoms with Crippen LogP contribution in [-0.4, -0.2) is 15.7 Å². The van der Waals surface area contributed by atoms with Crippen LogP contribution in [0.15, 0.2) is 41.5 Å². The van der Waals surface area contributed by atoms with Crippen molar-refractivity contribution in [2.45, 2.75) is 45.2 Å². The van der Waals surface area contributed by atoms with Crippen molar-refractivity contribution < 1.29 is 0 Å². The average Bonchev–Trinajstić information content (AvgIpc) is 3.16. The molecule has 1 aromatic carbocycles. The number of rotatable bonds is 4. The van der Waals surface area contributed by atoms with E-state index in [1.165, 1.54) is 31.2 Å². The van der Waals surface area contributed by atoms with Crippen LogP contribution in [0.4, 0.5) is 5.69 Å². The number of nitrogens with zero attached hydrogens (tertiary/aromatic N) is 3. The van der Waals surface area contributed by atoms with Gasteiger partial charge in [0.2, 0.25) is 0 Å². The Morgan fingerprint density at radius 3 is 2.87 bits per heavy atom. The molecule has 23 heavy (non-hydrogen) atoms. The van der Waals surface area contributed by atoms with Gasteiger partial charge in [0.1, 0.15) is 0 Å². The maximum Gasteiger partial charge on any atom is 0.193 e. The zero-order chi connectivity index (χ0) is 15.4. The first kappa shape index (κ1) is 17.8. The molecular weight excluding hydrogens is 401 g/mol. The van der Waals surface area contributed by atoms with Crippen LogP contribution >= 0.6 is 24.0 Å². The van der Waals surface area contributed by atoms with Crippen molar-refractivity contribution in [3.05, 3.63) is 47.8 Å². The molecule has 3 N–H and O–H groups in total. The fourth-order valence-electron chi connectivity index (χ4n) is 2.91. The summed E-state index contributed by atoms with van der Waals surface area (Å²) in [6.07, 6.45) is 7.16. The molecule has 1 aliphatic carbocycles. The molecule has 5 nitrogen and oxygen atoms in total. The van der Waals surface area contributed by atoms with Gasteiger partial charge in [0, 0.05) is 11.9 Å². The molecule has 1 aromatic heterocycles. The summed E-state index contributed by atoms with van der Waals surface area (Å²) in [5.74, 6) is 0.418. The molecule has 0 saturated heterocycles. The van der Waals surface area contributed by atoms with Crippen molar-refractivity contribution >= 4 is 35.6 Å². The Morgan fingerprint density at radius 1 is 1.35 bits per heavy atom. The van der Waals surface area contributed by atoms with E-state index >= 15 is 0 Å². The predicted molar refractivity (Wildman–Crippen MR) is 105 cm³/mol. The summed E-state index contributed by atoms with van der Waals surface area (Å²) in [6.45, 7) is 2.55. The van der Waals surface area contributed by atoms with Gasteiger partial charge in [-0.1, -0.05) is 25.0 Å². The molecule has 1 heterocycles. The van der Waals surface area contributed by atoms with E-state index in [2.05, 4.69) is 26.3 Å². The highest BCUT2D eigenvalue weighted by molar-refractivity contribution is 14.0. The first-order valence-corrected chi connectivity index (χ1v) is 7.88. The van der Waals surface area contributed by atoms with E-state index in [0.717, 1.165) is 11.4 Å². The molecule has 3 rings (SSSR count). The topological polar surface area (TPSA) is 68.2 Å². The summed E-state index contributed by atoms with van der Waals surface area (Å²) in [7, 11) is 0. The van der Waals surface area contributed by atoms with Gasteiger partial charge in [0.05, 0.1) is 18.3 Å². The second-order valence-electron chi connectivity index (χ2n) is 5.92. The molecular formula is C17H24IN5. The SMILES string of the molecule is Cc1cccc(NC(N)=NCc2ccn(C3CCCC3)n2)c1.I. The number of anilines is 1. The number of hydrogen-bond donors (Lipinski definition) is 2. The van der Waals surface area contributed by atoms with Crippen LogP contribution in [0, 0.1) is 6.92 Å². The van der Waals surface area contributed by atoms with E-state index < -0.39 is 0 Å². The van der Waals surface area contributed by atoms with Gasteiger partial charge in [0.25, 0.3) is 0 Å². The minimum absolute atomic E-state index is 0. The molecule has 1 fully saturated rings. The number of halogens is 1. The number of nitrogens with one attached hydrogen (secondary N) is 1. The fourth-order valence-corrected chi connectivity index (χ4v) is 2.91. The van der Waals surface area contributed by atoms with E-state index in [4.69, 9.17) is 5.73 Å². The van der Waals surface area contributed by atoms with E-state index in [0.29, 0.717) is 18.5 Å². The van der Waals surface area contributed by atoms with E-state index in [1.54, 1.807) is 0 Å². The van der Waals surface area contributed by atoms with E-state index in [9.17, 15) is 0 Å². The van der Waals surface area contributed by atoms with Gasteiger partial charge >= 0.3 is 0 Å². The molecule has 0 amide bonds. The molecule has 2 aromatic rings. The number of aliphatic imine (C=N–C) groups is 1. The lowest BCUT2D eigenvalue weighted by Crippen LogP contribution is -2.22. The van der Waals surface area contributed by atoms with Crippen molar-refractivity contribution in [1.29, 1.82) is 0 Å². The van der Waals surface area contributed by atoms with Crippen LogP contribution in [0.5, 0.6) is 0 Å². The van der Waals surface area contributed by atoms with Crippen molar-refractivity contribution in [3.63, 3.8) is 0 Å². The molecule has 0 unspecified atom stereocenters. The number of benzene rings is 1. The lowest BCUT2D eigenvalue weighted by molar-refractivity contribution is 0.463. The Balaban J connectivity index is 0.00000192. The average molecular weight is 425 g/mol. The molecule has 6 heteroatoms. The number of nitrogens with two attached hydrogens (primary N) is 1. The van der Waals surface area contributed by atoms with Crippen LogP contribution in [0.1, 0.15) is 43.0 Å². The van der Waals surface area contributed by atoms with Crippen LogP contribution in [0.3, 0.4) is 0 Å². The Hall–Kier alpha value is -1.57. The first-order chi connectivity index (χ1) is 10.7. The highest BCUT2D eigenvalue weighted by atomic mass is 127. The smallest absolute Gasteiger partial charge is 0.193 e. The third kappa shape index (κ3) is 4.95. The lowest BCUT2D eigenvalue weighted by Gasteiger charge is -2.08. The van der Waals surface area contributed by atoms with Gasteiger partial charge in [-0.05, 0) is 43.5 Å². The van der Waals surface area contributed by atoms with Crippen molar-refractivity contribution in [2.24, 2.45) is 10.7 Å². The van der Waals surface area contributed by atoms with Crippen LogP contribution < -0.4 is 11.1 Å². The third-order valence-electron chi connectivity index (χ3n) is 4.06. The molecule has 1 saturated carbocycles. The van der Waals surface area contributed by atoms with E-state index in [-0.39, 0.29) is 24.0 Å². The molecule has 0 bridgehead atoms. The summed E-state index contributed by atoms with van der Waals surface area (Å²) < 4.78 is 2.09. The highest BCUT2D eigenvalue weighted by Gasteiger charge is 2.17. The summed E-state index contributed by atoms with van der Waals surface area (Å²) >= 11 is 0. The molecule has 0 spiro atoms. The van der Waals surface area contributed by atoms with Gasteiger partial charge in [0.15, 0.2) is 5.96 Å². The normalized spacial score (nSPS) is 15.4. The van der Waals surface area contributed by atoms with E-state index in [1.807, 2.05) is 37.3 Å². The largest absolute Gasteiger partial charge is 0.370 e. The molecule has 124 valence electrons. The number of aryl methyl sites for hydroxylation is 1. The molecule has 0 atom stereocenters. The third-order valence-corrected chi connectivity index (χ3v) is 4.06. The van der Waals surface area contributed by atoms with Crippen molar-refractivity contribution in [1.82, 2.24) is 9.78 Å². The number of aromatic nitrogens is 2. The summed E-state index contributed by atoms with van der Waals surface area (Å²) in [6, 6.07) is 10.7. The maximum absolute atomic E-state index is 5.94. The Morgan fingerprint density at radius 2 is 2.13 bits per heavy atom. The maximum atomic E-state index is 5.94. The zero-order valence-corrected chi connectivity index (χ0v) is 15.7. The van der Waals surface area contributed by atoms with Crippen LogP contribution in [0.25, 0.3) is 0 Å². The monoisotopic (exact) mass is 425 g/mol. The zero-order valence-electron chi connectivity index (χ0n) is 13.4. The predicted octanol–water partition coefficient (Wildman–Crippen LogP) is 3.85. The summed E-state index contributed by atoms with van der Waals surface area (Å²) in [4.78, 5) is 4.37. The fraction of sp³-hybridized carbons (Fsp3) is 0.412. The number of guanidine groups is 1. The minimum Gasteiger partial charge on any atom is -0.370 e. The Kier molecular flexibility index (Phi) is 6.44. The number of hydrogen-bond acceptors (Lipinski definition) is 2. The molecule has 0 aliphatic heterocycles. The van der Waals surface area contributed by atoms with Crippen LogP contribution in [0.2, 0.25) is 0 Å². The summed E-state index contributed by atoms with van der Waals surface area (Å²) in [5.41, 5.74) is 9.04. The minimum atomic E-state index is 0. The van der Waals surface area contributed by atoms with Gasteiger partial charge in [-0.3, -0.25) is 4.68 Å². The van der Waals surface area contributed by atoms with Crippen molar-refractivity contribution in [2.75, 3.05) is 5.32 Å². The second kappa shape index (κ2) is 8.33. The first-order valence-electron chi connectivity index (χ1n) is 7.88. The standard InChI is InChI=1S/C17H23N5.HI/c1-13-5-4-6-14(11-13)20-17(18)19-12-15-9-10-22(21-15)16-7-2-3-8-16;/h4-6,9-11,16H,2-3,7-8,12H2,1H3,(H3,18,19,20);1H. The van der Waals surface area contributed by atoms with Gasteiger partial charge < -0.3 is 11.1 Å². The molecule has 1 aliphatic rings. The molecule has 0 radical (unpaired) electrons. The Bertz CT molecular complexity index is 659. The van der Waals surface area contributed by atoms with Gasteiger partial charge in [-0.2, -0.15) is 5.10 Å². The van der Waals surface area contributed by atoms with Crippen molar-refractivity contribution in [3.8, 4) is 0 Å². The summed E-state index contributed by atoms with van der Waals surface area (Å²) in [5, 5.41) is 7.72. The quantitative estimate of drug-likeness (QED) is 0.444. The second-order valence-corrected chi connectivity index (χ2v) is 5.92. The lowest BCUT2D eigenvalue weighted by atomic mass is 10.2. The van der Waals surface area contributed by atoms with Gasteiger partial charge in [-0.15, -0.1) is 24.0 Å².